The Balaban J connectivity index is 2.49. The topological polar surface area (TPSA) is 49.8 Å². The van der Waals surface area contributed by atoms with Gasteiger partial charge < -0.3 is 14.7 Å². The monoisotopic (exact) mass is 229 g/mol. The summed E-state index contributed by atoms with van der Waals surface area (Å²) in [6, 6.07) is 0. The zero-order chi connectivity index (χ0) is 12.2. The van der Waals surface area contributed by atoms with Crippen LogP contribution in [0.1, 0.15) is 26.7 Å². The maximum Gasteiger partial charge on any atom is 0.312 e. The van der Waals surface area contributed by atoms with Crippen LogP contribution in [0.2, 0.25) is 0 Å². The molecule has 0 aromatic rings. The minimum Gasteiger partial charge on any atom is -0.469 e. The Labute approximate surface area is 97.6 Å². The highest BCUT2D eigenvalue weighted by molar-refractivity contribution is 5.76. The predicted molar refractivity (Wildman–Crippen MR) is 62.0 cm³/mol. The van der Waals surface area contributed by atoms with E-state index in [2.05, 4.69) is 4.90 Å². The lowest BCUT2D eigenvalue weighted by atomic mass is 9.90. The minimum atomic E-state index is -0.466. The Morgan fingerprint density at radius 2 is 2.25 bits per heavy atom. The molecule has 4 nitrogen and oxygen atoms in total. The lowest BCUT2D eigenvalue weighted by molar-refractivity contribution is -0.152. The van der Waals surface area contributed by atoms with Crippen molar-refractivity contribution in [2.24, 2.45) is 11.3 Å². The SMILES string of the molecule is COC(=O)C(C)(C)CN1CCCC(CO)C1. The zero-order valence-electron chi connectivity index (χ0n) is 10.5. The van der Waals surface area contributed by atoms with Crippen molar-refractivity contribution in [1.82, 2.24) is 4.90 Å². The Morgan fingerprint density at radius 3 is 2.81 bits per heavy atom. The summed E-state index contributed by atoms with van der Waals surface area (Å²) < 4.78 is 4.79. The van der Waals surface area contributed by atoms with E-state index in [1.165, 1.54) is 7.11 Å². The molecule has 0 saturated carbocycles. The number of aliphatic hydroxyl groups is 1. The van der Waals surface area contributed by atoms with E-state index in [-0.39, 0.29) is 12.6 Å². The summed E-state index contributed by atoms with van der Waals surface area (Å²) in [5, 5.41) is 9.14. The van der Waals surface area contributed by atoms with Gasteiger partial charge in [-0.2, -0.15) is 0 Å². The van der Waals surface area contributed by atoms with Crippen LogP contribution in [0.3, 0.4) is 0 Å². The summed E-state index contributed by atoms with van der Waals surface area (Å²) in [5.41, 5.74) is -0.466. The van der Waals surface area contributed by atoms with Crippen LogP contribution in [0.25, 0.3) is 0 Å². The molecule has 1 heterocycles. The fraction of sp³-hybridized carbons (Fsp3) is 0.917. The van der Waals surface area contributed by atoms with Gasteiger partial charge >= 0.3 is 5.97 Å². The average Bonchev–Trinajstić information content (AvgIpc) is 2.27. The van der Waals surface area contributed by atoms with Crippen LogP contribution in [0.5, 0.6) is 0 Å². The highest BCUT2D eigenvalue weighted by Gasteiger charge is 2.32. The van der Waals surface area contributed by atoms with E-state index in [9.17, 15) is 4.79 Å². The Bertz CT molecular complexity index is 240. The first kappa shape index (κ1) is 13.5. The number of carbonyl (C=O) groups excluding carboxylic acids is 1. The number of esters is 1. The van der Waals surface area contributed by atoms with Crippen molar-refractivity contribution in [3.63, 3.8) is 0 Å². The van der Waals surface area contributed by atoms with Gasteiger partial charge in [0.2, 0.25) is 0 Å². The summed E-state index contributed by atoms with van der Waals surface area (Å²) >= 11 is 0. The molecule has 1 unspecified atom stereocenters. The minimum absolute atomic E-state index is 0.168. The van der Waals surface area contributed by atoms with E-state index in [1.54, 1.807) is 0 Å². The van der Waals surface area contributed by atoms with Crippen molar-refractivity contribution in [2.75, 3.05) is 33.4 Å². The molecule has 0 bridgehead atoms. The molecule has 1 atom stereocenters. The van der Waals surface area contributed by atoms with Crippen molar-refractivity contribution in [2.45, 2.75) is 26.7 Å². The highest BCUT2D eigenvalue weighted by atomic mass is 16.5. The van der Waals surface area contributed by atoms with E-state index < -0.39 is 5.41 Å². The molecule has 0 radical (unpaired) electrons. The number of piperidine rings is 1. The van der Waals surface area contributed by atoms with Crippen LogP contribution in [0, 0.1) is 11.3 Å². The number of hydrogen-bond donors (Lipinski definition) is 1. The quantitative estimate of drug-likeness (QED) is 0.727. The van der Waals surface area contributed by atoms with Crippen LogP contribution in [-0.4, -0.2) is 49.3 Å². The third-order valence-corrected chi connectivity index (χ3v) is 3.22. The number of likely N-dealkylation sites (tertiary alicyclic amines) is 1. The average molecular weight is 229 g/mol. The third kappa shape index (κ3) is 3.46. The molecule has 0 aliphatic carbocycles. The zero-order valence-corrected chi connectivity index (χ0v) is 10.5. The van der Waals surface area contributed by atoms with Gasteiger partial charge in [0.1, 0.15) is 0 Å². The standard InChI is InChI=1S/C12H23NO3/c1-12(2,11(15)16-3)9-13-6-4-5-10(7-13)8-14/h10,14H,4-9H2,1-3H3. The molecule has 0 aromatic heterocycles. The highest BCUT2D eigenvalue weighted by Crippen LogP contribution is 2.23. The first-order chi connectivity index (χ1) is 7.49. The summed E-state index contributed by atoms with van der Waals surface area (Å²) in [6.07, 6.45) is 2.19. The lowest BCUT2D eigenvalue weighted by Crippen LogP contribution is -2.45. The van der Waals surface area contributed by atoms with Gasteiger partial charge in [0.25, 0.3) is 0 Å². The van der Waals surface area contributed by atoms with E-state index in [4.69, 9.17) is 9.84 Å². The molecule has 1 saturated heterocycles. The molecular weight excluding hydrogens is 206 g/mol. The Kier molecular flexibility index (Phi) is 4.74. The number of methoxy groups -OCH3 is 1. The van der Waals surface area contributed by atoms with Gasteiger partial charge in [-0.15, -0.1) is 0 Å². The summed E-state index contributed by atoms with van der Waals surface area (Å²) in [5.74, 6) is 0.195. The summed E-state index contributed by atoms with van der Waals surface area (Å²) in [6.45, 7) is 6.65. The van der Waals surface area contributed by atoms with E-state index >= 15 is 0 Å². The molecule has 0 amide bonds. The van der Waals surface area contributed by atoms with Gasteiger partial charge in [0.15, 0.2) is 0 Å². The normalized spacial score (nSPS) is 23.1. The van der Waals surface area contributed by atoms with Gasteiger partial charge in [-0.25, -0.2) is 0 Å². The van der Waals surface area contributed by atoms with Crippen LogP contribution < -0.4 is 0 Å². The predicted octanol–water partition coefficient (Wildman–Crippen LogP) is 0.890. The van der Waals surface area contributed by atoms with E-state index in [1.807, 2.05) is 13.8 Å². The molecule has 0 spiro atoms. The molecule has 94 valence electrons. The largest absolute Gasteiger partial charge is 0.469 e. The lowest BCUT2D eigenvalue weighted by Gasteiger charge is -2.36. The fourth-order valence-electron chi connectivity index (χ4n) is 2.34. The van der Waals surface area contributed by atoms with Crippen LogP contribution >= 0.6 is 0 Å². The van der Waals surface area contributed by atoms with Gasteiger partial charge in [-0.05, 0) is 39.2 Å². The molecule has 16 heavy (non-hydrogen) atoms. The van der Waals surface area contributed by atoms with Gasteiger partial charge in [0.05, 0.1) is 12.5 Å². The van der Waals surface area contributed by atoms with E-state index in [0.717, 1.165) is 25.9 Å². The molecule has 0 aromatic carbocycles. The number of nitrogens with zero attached hydrogens (tertiary/aromatic N) is 1. The fourth-order valence-corrected chi connectivity index (χ4v) is 2.34. The van der Waals surface area contributed by atoms with Crippen molar-refractivity contribution in [3.05, 3.63) is 0 Å². The van der Waals surface area contributed by atoms with Crippen molar-refractivity contribution in [1.29, 1.82) is 0 Å². The van der Waals surface area contributed by atoms with E-state index in [0.29, 0.717) is 12.5 Å². The van der Waals surface area contributed by atoms with Crippen LogP contribution in [0.15, 0.2) is 0 Å². The second-order valence-corrected chi connectivity index (χ2v) is 5.30. The van der Waals surface area contributed by atoms with Gasteiger partial charge in [-0.3, -0.25) is 4.79 Å². The Morgan fingerprint density at radius 1 is 1.56 bits per heavy atom. The molecular formula is C12H23NO3. The van der Waals surface area contributed by atoms with Crippen LogP contribution in [-0.2, 0) is 9.53 Å². The van der Waals surface area contributed by atoms with Gasteiger partial charge in [0, 0.05) is 19.7 Å². The number of ether oxygens (including phenoxy) is 1. The number of rotatable bonds is 4. The first-order valence-electron chi connectivity index (χ1n) is 5.91. The smallest absolute Gasteiger partial charge is 0.312 e. The first-order valence-corrected chi connectivity index (χ1v) is 5.91. The number of carbonyl (C=O) groups is 1. The Hall–Kier alpha value is -0.610. The van der Waals surface area contributed by atoms with Crippen molar-refractivity contribution >= 4 is 5.97 Å². The van der Waals surface area contributed by atoms with Gasteiger partial charge in [-0.1, -0.05) is 0 Å². The molecule has 1 rings (SSSR count). The van der Waals surface area contributed by atoms with Crippen molar-refractivity contribution in [3.8, 4) is 0 Å². The second kappa shape index (κ2) is 5.64. The molecule has 1 aliphatic rings. The summed E-state index contributed by atoms with van der Waals surface area (Å²) in [4.78, 5) is 13.8. The maximum absolute atomic E-state index is 11.6. The number of aliphatic hydroxyl groups excluding tert-OH is 1. The molecule has 1 aliphatic heterocycles. The maximum atomic E-state index is 11.6. The number of hydrogen-bond acceptors (Lipinski definition) is 4. The third-order valence-electron chi connectivity index (χ3n) is 3.22. The summed E-state index contributed by atoms with van der Waals surface area (Å²) in [7, 11) is 1.43. The molecule has 4 heteroatoms. The molecule has 1 fully saturated rings. The molecule has 1 N–H and O–H groups in total. The van der Waals surface area contributed by atoms with Crippen molar-refractivity contribution < 1.29 is 14.6 Å². The van der Waals surface area contributed by atoms with Crippen LogP contribution in [0.4, 0.5) is 0 Å². The second-order valence-electron chi connectivity index (χ2n) is 5.30.